The SMILES string of the molecule is Cc1cc(C)c(CNCc2ccc(Br)cc2)c(C)c1. The number of rotatable bonds is 4. The molecule has 1 nitrogen and oxygen atoms in total. The summed E-state index contributed by atoms with van der Waals surface area (Å²) in [6.45, 7) is 8.36. The summed E-state index contributed by atoms with van der Waals surface area (Å²) in [6, 6.07) is 13.0. The first-order valence-electron chi connectivity index (χ1n) is 6.58. The molecule has 0 atom stereocenters. The van der Waals surface area contributed by atoms with Crippen molar-refractivity contribution in [3.05, 3.63) is 68.7 Å². The number of hydrogen-bond acceptors (Lipinski definition) is 1. The van der Waals surface area contributed by atoms with E-state index in [0.29, 0.717) is 0 Å². The van der Waals surface area contributed by atoms with Crippen LogP contribution in [0.2, 0.25) is 0 Å². The lowest BCUT2D eigenvalue weighted by atomic mass is 10.00. The summed E-state index contributed by atoms with van der Waals surface area (Å²) >= 11 is 3.46. The monoisotopic (exact) mass is 317 g/mol. The van der Waals surface area contributed by atoms with Crippen LogP contribution in [0.3, 0.4) is 0 Å². The smallest absolute Gasteiger partial charge is 0.0213 e. The van der Waals surface area contributed by atoms with Gasteiger partial charge in [0.15, 0.2) is 0 Å². The van der Waals surface area contributed by atoms with Crippen molar-refractivity contribution in [3.63, 3.8) is 0 Å². The normalized spacial score (nSPS) is 10.7. The molecule has 0 fully saturated rings. The molecule has 19 heavy (non-hydrogen) atoms. The van der Waals surface area contributed by atoms with Gasteiger partial charge in [-0.25, -0.2) is 0 Å². The van der Waals surface area contributed by atoms with E-state index in [4.69, 9.17) is 0 Å². The van der Waals surface area contributed by atoms with E-state index in [2.05, 4.69) is 78.4 Å². The molecule has 0 amide bonds. The predicted octanol–water partition coefficient (Wildman–Crippen LogP) is 4.66. The van der Waals surface area contributed by atoms with Crippen LogP contribution in [0, 0.1) is 20.8 Å². The first-order valence-corrected chi connectivity index (χ1v) is 7.37. The minimum absolute atomic E-state index is 0.903. The molecule has 2 heteroatoms. The van der Waals surface area contributed by atoms with Crippen molar-refractivity contribution in [2.75, 3.05) is 0 Å². The molecule has 0 saturated carbocycles. The fourth-order valence-electron chi connectivity index (χ4n) is 2.42. The molecule has 0 saturated heterocycles. The minimum atomic E-state index is 0.903. The lowest BCUT2D eigenvalue weighted by molar-refractivity contribution is 0.687. The van der Waals surface area contributed by atoms with E-state index in [1.54, 1.807) is 0 Å². The molecule has 100 valence electrons. The Kier molecular flexibility index (Phi) is 4.78. The molecule has 0 aliphatic carbocycles. The number of halogens is 1. The van der Waals surface area contributed by atoms with Crippen molar-refractivity contribution in [1.29, 1.82) is 0 Å². The lowest BCUT2D eigenvalue weighted by Crippen LogP contribution is -2.14. The van der Waals surface area contributed by atoms with E-state index >= 15 is 0 Å². The van der Waals surface area contributed by atoms with Crippen LogP contribution < -0.4 is 5.32 Å². The zero-order chi connectivity index (χ0) is 13.8. The topological polar surface area (TPSA) is 12.0 Å². The lowest BCUT2D eigenvalue weighted by Gasteiger charge is -2.12. The quantitative estimate of drug-likeness (QED) is 0.864. The van der Waals surface area contributed by atoms with Gasteiger partial charge in [-0.05, 0) is 55.2 Å². The third kappa shape index (κ3) is 3.92. The second-order valence-corrected chi connectivity index (χ2v) is 6.02. The van der Waals surface area contributed by atoms with E-state index in [1.807, 2.05) is 0 Å². The molecule has 0 radical (unpaired) electrons. The second-order valence-electron chi connectivity index (χ2n) is 5.11. The summed E-state index contributed by atoms with van der Waals surface area (Å²) in [4.78, 5) is 0. The Morgan fingerprint density at radius 1 is 0.895 bits per heavy atom. The van der Waals surface area contributed by atoms with Crippen LogP contribution in [-0.2, 0) is 13.1 Å². The van der Waals surface area contributed by atoms with Crippen LogP contribution in [0.5, 0.6) is 0 Å². The molecule has 2 aromatic carbocycles. The molecule has 2 rings (SSSR count). The van der Waals surface area contributed by atoms with E-state index in [1.165, 1.54) is 27.8 Å². The number of hydrogen-bond donors (Lipinski definition) is 1. The van der Waals surface area contributed by atoms with Gasteiger partial charge < -0.3 is 5.32 Å². The molecule has 0 aliphatic heterocycles. The Labute approximate surface area is 124 Å². The molecule has 0 spiro atoms. The standard InChI is InChI=1S/C17H20BrN/c1-12-8-13(2)17(14(3)9-12)11-19-10-15-4-6-16(18)7-5-15/h4-9,19H,10-11H2,1-3H3. The average Bonchev–Trinajstić information content (AvgIpc) is 2.34. The Morgan fingerprint density at radius 2 is 1.47 bits per heavy atom. The maximum atomic E-state index is 3.52. The van der Waals surface area contributed by atoms with Crippen LogP contribution in [0.15, 0.2) is 40.9 Å². The second kappa shape index (κ2) is 6.36. The number of aryl methyl sites for hydroxylation is 3. The van der Waals surface area contributed by atoms with Gasteiger partial charge in [0.25, 0.3) is 0 Å². The van der Waals surface area contributed by atoms with E-state index < -0.39 is 0 Å². The van der Waals surface area contributed by atoms with Gasteiger partial charge in [0, 0.05) is 17.6 Å². The third-order valence-corrected chi connectivity index (χ3v) is 3.91. The van der Waals surface area contributed by atoms with Crippen molar-refractivity contribution in [1.82, 2.24) is 5.32 Å². The highest BCUT2D eigenvalue weighted by molar-refractivity contribution is 9.10. The van der Waals surface area contributed by atoms with Gasteiger partial charge in [-0.1, -0.05) is 45.8 Å². The summed E-state index contributed by atoms with van der Waals surface area (Å²) in [7, 11) is 0. The van der Waals surface area contributed by atoms with E-state index in [9.17, 15) is 0 Å². The highest BCUT2D eigenvalue weighted by Crippen LogP contribution is 2.16. The molecule has 0 heterocycles. The van der Waals surface area contributed by atoms with Gasteiger partial charge >= 0.3 is 0 Å². The number of benzene rings is 2. The zero-order valence-corrected chi connectivity index (χ0v) is 13.3. The van der Waals surface area contributed by atoms with Gasteiger partial charge in [-0.3, -0.25) is 0 Å². The molecular weight excluding hydrogens is 298 g/mol. The van der Waals surface area contributed by atoms with Crippen molar-refractivity contribution < 1.29 is 0 Å². The maximum absolute atomic E-state index is 3.52. The molecule has 2 aromatic rings. The van der Waals surface area contributed by atoms with E-state index in [0.717, 1.165) is 17.6 Å². The summed E-state index contributed by atoms with van der Waals surface area (Å²) in [5.41, 5.74) is 6.82. The van der Waals surface area contributed by atoms with Crippen LogP contribution in [0.4, 0.5) is 0 Å². The maximum Gasteiger partial charge on any atom is 0.0213 e. The highest BCUT2D eigenvalue weighted by Gasteiger charge is 2.03. The minimum Gasteiger partial charge on any atom is -0.309 e. The van der Waals surface area contributed by atoms with Crippen molar-refractivity contribution in [2.45, 2.75) is 33.9 Å². The zero-order valence-electron chi connectivity index (χ0n) is 11.8. The van der Waals surface area contributed by atoms with Crippen LogP contribution in [0.1, 0.15) is 27.8 Å². The summed E-state index contributed by atoms with van der Waals surface area (Å²) in [5, 5.41) is 3.52. The van der Waals surface area contributed by atoms with Gasteiger partial charge in [0.1, 0.15) is 0 Å². The first kappa shape index (κ1) is 14.3. The van der Waals surface area contributed by atoms with Gasteiger partial charge in [-0.2, -0.15) is 0 Å². The predicted molar refractivity (Wildman–Crippen MR) is 85.3 cm³/mol. The Hall–Kier alpha value is -1.12. The third-order valence-electron chi connectivity index (χ3n) is 3.38. The van der Waals surface area contributed by atoms with Crippen molar-refractivity contribution in [3.8, 4) is 0 Å². The fourth-order valence-corrected chi connectivity index (χ4v) is 2.69. The Balaban J connectivity index is 1.98. The van der Waals surface area contributed by atoms with Gasteiger partial charge in [0.05, 0.1) is 0 Å². The van der Waals surface area contributed by atoms with Crippen LogP contribution >= 0.6 is 15.9 Å². The largest absolute Gasteiger partial charge is 0.309 e. The molecule has 0 unspecified atom stereocenters. The summed E-state index contributed by atoms with van der Waals surface area (Å²) < 4.78 is 1.13. The molecule has 0 aliphatic rings. The highest BCUT2D eigenvalue weighted by atomic mass is 79.9. The van der Waals surface area contributed by atoms with Crippen LogP contribution in [-0.4, -0.2) is 0 Å². The Morgan fingerprint density at radius 3 is 2.05 bits per heavy atom. The molecule has 1 N–H and O–H groups in total. The molecule has 0 aromatic heterocycles. The fraction of sp³-hybridized carbons (Fsp3) is 0.294. The summed E-state index contributed by atoms with van der Waals surface area (Å²) in [5.74, 6) is 0. The van der Waals surface area contributed by atoms with Gasteiger partial charge in [-0.15, -0.1) is 0 Å². The number of nitrogens with one attached hydrogen (secondary N) is 1. The Bertz CT molecular complexity index is 535. The van der Waals surface area contributed by atoms with E-state index in [-0.39, 0.29) is 0 Å². The molecular formula is C17H20BrN. The average molecular weight is 318 g/mol. The van der Waals surface area contributed by atoms with Crippen molar-refractivity contribution in [2.24, 2.45) is 0 Å². The first-order chi connectivity index (χ1) is 9.06. The summed E-state index contributed by atoms with van der Waals surface area (Å²) in [6.07, 6.45) is 0. The van der Waals surface area contributed by atoms with Crippen LogP contribution in [0.25, 0.3) is 0 Å². The van der Waals surface area contributed by atoms with Gasteiger partial charge in [0.2, 0.25) is 0 Å². The molecule has 0 bridgehead atoms. The van der Waals surface area contributed by atoms with Crippen molar-refractivity contribution >= 4 is 15.9 Å².